The Hall–Kier alpha value is -7.20. The predicted molar refractivity (Wildman–Crippen MR) is 278 cm³/mol. The van der Waals surface area contributed by atoms with Crippen molar-refractivity contribution >= 4 is 20.2 Å². The first kappa shape index (κ1) is 53.6. The van der Waals surface area contributed by atoms with Crippen molar-refractivity contribution in [1.82, 2.24) is 19.5 Å². The summed E-state index contributed by atoms with van der Waals surface area (Å²) in [7, 11) is 1.43. The Morgan fingerprint density at radius 3 is 1.97 bits per heavy atom. The molecule has 2 N–H and O–H groups in total. The highest BCUT2D eigenvalue weighted by molar-refractivity contribution is 7.44. The van der Waals surface area contributed by atoms with E-state index in [2.05, 4.69) is 32.9 Å². The molecule has 7 rings (SSSR count). The SMILES string of the molecule is COc1ccc(C(OC[C@H]2O[C@@H](n3cc(C#CCNC(=O)Cc4ccc(C(=O)c5ccccc5)cc4)c(=O)[nH]c3=O)C[C@@H]2OP(OCCC#N)N(C(C)C)C(C)C)(c2ccccc2)c2ccc(OC)cc2)cc1. The van der Waals surface area contributed by atoms with Gasteiger partial charge in [-0.3, -0.25) is 23.9 Å². The molecule has 0 saturated carbocycles. The van der Waals surface area contributed by atoms with Gasteiger partial charge in [-0.2, -0.15) is 5.26 Å². The number of nitrogens with zero attached hydrogens (tertiary/aromatic N) is 3. The van der Waals surface area contributed by atoms with Crippen molar-refractivity contribution in [1.29, 1.82) is 5.26 Å². The van der Waals surface area contributed by atoms with Crippen LogP contribution in [0.3, 0.4) is 0 Å². The molecule has 1 aliphatic rings. The van der Waals surface area contributed by atoms with Crippen LogP contribution in [0.1, 0.15) is 90.5 Å². The lowest BCUT2D eigenvalue weighted by atomic mass is 9.80. The van der Waals surface area contributed by atoms with Crippen molar-refractivity contribution in [3.63, 3.8) is 0 Å². The molecule has 378 valence electrons. The van der Waals surface area contributed by atoms with Gasteiger partial charge in [-0.05, 0) is 74.2 Å². The van der Waals surface area contributed by atoms with E-state index >= 15 is 0 Å². The van der Waals surface area contributed by atoms with Crippen LogP contribution in [-0.4, -0.2) is 84.2 Å². The highest BCUT2D eigenvalue weighted by Crippen LogP contribution is 2.51. The molecule has 0 radical (unpaired) electrons. The second kappa shape index (κ2) is 25.5. The molecule has 15 nitrogen and oxygen atoms in total. The molecule has 4 atom stereocenters. The molecule has 0 aliphatic carbocycles. The molecule has 5 aromatic carbocycles. The summed E-state index contributed by atoms with van der Waals surface area (Å²) in [5.41, 5.74) is 1.54. The molecule has 73 heavy (non-hydrogen) atoms. The van der Waals surface area contributed by atoms with Crippen LogP contribution in [0.2, 0.25) is 0 Å². The number of methoxy groups -OCH3 is 2. The number of H-pyrrole nitrogens is 1. The van der Waals surface area contributed by atoms with Crippen LogP contribution in [0.25, 0.3) is 0 Å². The summed E-state index contributed by atoms with van der Waals surface area (Å²) in [5, 5.41) is 12.2. The standard InChI is InChI=1S/C57H60N5O10P/c1-39(2)62(40(3)4)73(70-34-14-32-58)72-50-36-53(71-51(50)38-69-57(45-18-11-8-12-19-45,46-24-28-48(67-5)29-25-46)47-26-30-49(68-6)31-27-47)61-37-44(55(65)60-56(61)66)17-13-33-59-52(63)35-41-20-22-43(23-21-41)54(64)42-15-9-7-10-16-42/h7-12,15-16,18-31,37,39-40,50-51,53H,14,33-36,38H2,1-6H3,(H,59,63)(H,60,65,66)/t50-,51+,53+,73?/m0/s1. The van der Waals surface area contributed by atoms with E-state index in [0.717, 1.165) is 16.7 Å². The number of ketones is 1. The third kappa shape index (κ3) is 13.3. The summed E-state index contributed by atoms with van der Waals surface area (Å²) in [5.74, 6) is 6.55. The predicted octanol–water partition coefficient (Wildman–Crippen LogP) is 8.45. The van der Waals surface area contributed by atoms with Crippen LogP contribution in [0.5, 0.6) is 11.5 Å². The summed E-state index contributed by atoms with van der Waals surface area (Å²) < 4.78 is 41.9. The molecule has 1 saturated heterocycles. The third-order valence-corrected chi connectivity index (χ3v) is 14.4. The maximum Gasteiger partial charge on any atom is 0.330 e. The molecule has 2 heterocycles. The highest BCUT2D eigenvalue weighted by atomic mass is 31.2. The number of aromatic nitrogens is 2. The van der Waals surface area contributed by atoms with Gasteiger partial charge in [-0.15, -0.1) is 0 Å². The summed E-state index contributed by atoms with van der Waals surface area (Å²) in [6.45, 7) is 8.17. The molecule has 6 aromatic rings. The van der Waals surface area contributed by atoms with E-state index in [1.165, 1.54) is 10.8 Å². The van der Waals surface area contributed by atoms with Crippen LogP contribution in [0.4, 0.5) is 0 Å². The number of ether oxygens (including phenoxy) is 4. The first-order valence-electron chi connectivity index (χ1n) is 24.0. The Balaban J connectivity index is 1.17. The number of amides is 1. The fourth-order valence-electron chi connectivity index (χ4n) is 8.67. The number of carbonyl (C=O) groups excluding carboxylic acids is 2. The van der Waals surface area contributed by atoms with E-state index in [0.29, 0.717) is 28.2 Å². The normalized spacial score (nSPS) is 15.9. The number of carbonyl (C=O) groups is 2. The molecule has 1 unspecified atom stereocenters. The van der Waals surface area contributed by atoms with Gasteiger partial charge < -0.3 is 33.3 Å². The summed E-state index contributed by atoms with van der Waals surface area (Å²) >= 11 is 0. The Labute approximate surface area is 427 Å². The largest absolute Gasteiger partial charge is 0.497 e. The fraction of sp³-hybridized carbons (Fsp3) is 0.316. The second-order valence-corrected chi connectivity index (χ2v) is 19.1. The van der Waals surface area contributed by atoms with E-state index in [1.54, 1.807) is 62.8 Å². The summed E-state index contributed by atoms with van der Waals surface area (Å²) in [6.07, 6.45) is -0.834. The van der Waals surface area contributed by atoms with Crippen LogP contribution in [0, 0.1) is 23.2 Å². The van der Waals surface area contributed by atoms with Crippen molar-refractivity contribution in [3.05, 3.63) is 199 Å². The number of nitrogens with one attached hydrogen (secondary N) is 2. The van der Waals surface area contributed by atoms with E-state index in [9.17, 15) is 24.4 Å². The molecular formula is C57H60N5O10P. The molecule has 1 aromatic heterocycles. The quantitative estimate of drug-likeness (QED) is 0.0218. The summed E-state index contributed by atoms with van der Waals surface area (Å²) in [6, 6.07) is 43.1. The third-order valence-electron chi connectivity index (χ3n) is 12.2. The number of nitriles is 1. The number of hydrogen-bond donors (Lipinski definition) is 2. The van der Waals surface area contributed by atoms with Gasteiger partial charge >= 0.3 is 5.69 Å². The van der Waals surface area contributed by atoms with Crippen molar-refractivity contribution in [2.75, 3.05) is 34.0 Å². The van der Waals surface area contributed by atoms with Gasteiger partial charge in [-0.1, -0.05) is 121 Å². The second-order valence-electron chi connectivity index (χ2n) is 17.7. The van der Waals surface area contributed by atoms with E-state index < -0.39 is 43.8 Å². The number of rotatable bonds is 22. The zero-order chi connectivity index (χ0) is 51.9. The van der Waals surface area contributed by atoms with Crippen LogP contribution in [-0.2, 0) is 35.3 Å². The van der Waals surface area contributed by atoms with Crippen LogP contribution in [0.15, 0.2) is 149 Å². The molecule has 1 aliphatic heterocycles. The zero-order valence-corrected chi connectivity index (χ0v) is 42.7. The average Bonchev–Trinajstić information content (AvgIpc) is 3.80. The molecule has 0 bridgehead atoms. The van der Waals surface area contributed by atoms with Crippen molar-refractivity contribution < 1.29 is 37.6 Å². The number of hydrogen-bond acceptors (Lipinski definition) is 12. The minimum absolute atomic E-state index is 0.00622. The lowest BCUT2D eigenvalue weighted by Gasteiger charge is -2.39. The van der Waals surface area contributed by atoms with Crippen molar-refractivity contribution in [3.8, 4) is 29.4 Å². The minimum Gasteiger partial charge on any atom is -0.497 e. The Morgan fingerprint density at radius 1 is 0.822 bits per heavy atom. The van der Waals surface area contributed by atoms with Gasteiger partial charge in [0.05, 0.1) is 59.0 Å². The molecular weight excluding hydrogens is 946 g/mol. The van der Waals surface area contributed by atoms with E-state index in [4.69, 9.17) is 28.0 Å². The lowest BCUT2D eigenvalue weighted by molar-refractivity contribution is -0.120. The van der Waals surface area contributed by atoms with E-state index in [1.807, 2.05) is 113 Å². The van der Waals surface area contributed by atoms with Crippen LogP contribution < -0.4 is 26.0 Å². The maximum atomic E-state index is 13.7. The monoisotopic (exact) mass is 1010 g/mol. The Morgan fingerprint density at radius 2 is 1.40 bits per heavy atom. The van der Waals surface area contributed by atoms with Crippen LogP contribution >= 0.6 is 8.53 Å². The molecule has 1 fully saturated rings. The van der Waals surface area contributed by atoms with Crippen molar-refractivity contribution in [2.24, 2.45) is 0 Å². The van der Waals surface area contributed by atoms with Gasteiger partial charge in [-0.25, -0.2) is 9.46 Å². The first-order chi connectivity index (χ1) is 35.3. The lowest BCUT2D eigenvalue weighted by Crippen LogP contribution is -2.39. The van der Waals surface area contributed by atoms with Gasteiger partial charge in [0.1, 0.15) is 35.0 Å². The molecule has 16 heteroatoms. The number of aromatic amines is 1. The summed E-state index contributed by atoms with van der Waals surface area (Å²) in [4.78, 5) is 55.1. The van der Waals surface area contributed by atoms with Gasteiger partial charge in [0.2, 0.25) is 5.91 Å². The maximum absolute atomic E-state index is 13.7. The fourth-order valence-corrected chi connectivity index (χ4v) is 10.4. The smallest absolute Gasteiger partial charge is 0.330 e. The molecule has 1 amide bonds. The highest BCUT2D eigenvalue weighted by Gasteiger charge is 2.45. The Bertz CT molecular complexity index is 2950. The zero-order valence-electron chi connectivity index (χ0n) is 41.8. The minimum atomic E-state index is -1.78. The van der Waals surface area contributed by atoms with Gasteiger partial charge in [0.15, 0.2) is 5.78 Å². The first-order valence-corrected chi connectivity index (χ1v) is 25.2. The van der Waals surface area contributed by atoms with Crippen molar-refractivity contribution in [2.45, 2.75) is 83.1 Å². The van der Waals surface area contributed by atoms with Gasteiger partial charge in [0.25, 0.3) is 14.1 Å². The average molecular weight is 1010 g/mol. The molecule has 0 spiro atoms. The number of benzene rings is 5. The van der Waals surface area contributed by atoms with Gasteiger partial charge in [0, 0.05) is 35.8 Å². The topological polar surface area (TPSA) is 183 Å². The van der Waals surface area contributed by atoms with E-state index in [-0.39, 0.29) is 68.4 Å². The Kier molecular flexibility index (Phi) is 18.7.